The maximum absolute atomic E-state index is 13.5. The minimum absolute atomic E-state index is 0.276. The van der Waals surface area contributed by atoms with Crippen LogP contribution in [0.4, 0.5) is 8.78 Å². The minimum Gasteiger partial charge on any atom is -0.432 e. The van der Waals surface area contributed by atoms with Crippen molar-refractivity contribution in [3.8, 4) is 45.0 Å². The van der Waals surface area contributed by atoms with Crippen LogP contribution in [-0.4, -0.2) is 67.1 Å². The van der Waals surface area contributed by atoms with Gasteiger partial charge in [-0.15, -0.1) is 20.4 Å². The highest BCUT2D eigenvalue weighted by atomic mass is 19.1. The summed E-state index contributed by atoms with van der Waals surface area (Å²) in [6.07, 6.45) is 19.6. The number of benzene rings is 2. The van der Waals surface area contributed by atoms with Crippen LogP contribution in [0.25, 0.3) is 68.0 Å². The predicted octanol–water partition coefficient (Wildman–Crippen LogP) is 9.12. The van der Waals surface area contributed by atoms with Crippen molar-refractivity contribution in [3.05, 3.63) is 133 Å². The maximum Gasteiger partial charge on any atom is 0.306 e. The molecule has 10 aromatic rings. The second kappa shape index (κ2) is 16.0. The van der Waals surface area contributed by atoms with Gasteiger partial charge < -0.3 is 19.9 Å². The van der Waals surface area contributed by atoms with Crippen molar-refractivity contribution < 1.29 is 17.6 Å². The maximum atomic E-state index is 13.5. The van der Waals surface area contributed by atoms with Crippen LogP contribution in [0.2, 0.25) is 0 Å². The lowest BCUT2D eigenvalue weighted by molar-refractivity contribution is 0.349. The molecule has 0 spiro atoms. The molecule has 2 fully saturated rings. The summed E-state index contributed by atoms with van der Waals surface area (Å²) >= 11 is 0. The smallest absolute Gasteiger partial charge is 0.306 e. The number of aromatic nitrogens is 10. The molecular formula is C47H44F2N12O2. The standard InChI is InChI=1S/C24H23FN6O.C23H21FN6O/c1-26-19-9-4-16(5-10-19)23-29-28-20-11-6-17(14-31(20)23)22-21(15-2-7-18(25)8-3-15)27-24-30(22)12-13-32-24;24-17-6-1-14(2-7-17)20-21(29-11-12-31-23(29)26-20)16-5-10-19-27-28-22(30(19)13-16)15-3-8-18(25)9-4-15/h2-3,6-8,11-14,16,19,26H,4-5,9-10H2,1H3;1-2,5-7,10-13,15,18H,3-4,8-9,25H2. The quantitative estimate of drug-likeness (QED) is 0.158. The average Bonchev–Trinajstić information content (AvgIpc) is 4.18. The zero-order chi connectivity index (χ0) is 42.6. The highest BCUT2D eigenvalue weighted by molar-refractivity contribution is 5.82. The van der Waals surface area contributed by atoms with E-state index in [1.165, 1.54) is 24.3 Å². The summed E-state index contributed by atoms with van der Waals surface area (Å²) in [4.78, 5) is 9.33. The number of oxazole rings is 2. The van der Waals surface area contributed by atoms with E-state index in [-0.39, 0.29) is 17.7 Å². The molecule has 3 N–H and O–H groups in total. The summed E-state index contributed by atoms with van der Waals surface area (Å²) < 4.78 is 46.1. The Kier molecular flexibility index (Phi) is 9.88. The fourth-order valence-corrected chi connectivity index (χ4v) is 9.41. The van der Waals surface area contributed by atoms with E-state index < -0.39 is 0 Å². The molecule has 0 atom stereocenters. The molecule has 0 saturated heterocycles. The van der Waals surface area contributed by atoms with Crippen LogP contribution in [0.15, 0.2) is 119 Å². The highest BCUT2D eigenvalue weighted by Gasteiger charge is 2.27. The van der Waals surface area contributed by atoms with Crippen molar-refractivity contribution in [3.63, 3.8) is 0 Å². The molecule has 0 aliphatic heterocycles. The van der Waals surface area contributed by atoms with Crippen molar-refractivity contribution in [2.75, 3.05) is 7.05 Å². The third-order valence-electron chi connectivity index (χ3n) is 12.8. The van der Waals surface area contributed by atoms with Gasteiger partial charge in [0.15, 0.2) is 11.3 Å². The molecule has 16 heteroatoms. The van der Waals surface area contributed by atoms with Gasteiger partial charge in [-0.25, -0.2) is 8.78 Å². The van der Waals surface area contributed by atoms with Crippen molar-refractivity contribution in [2.45, 2.75) is 75.3 Å². The van der Waals surface area contributed by atoms with E-state index in [0.29, 0.717) is 29.6 Å². The van der Waals surface area contributed by atoms with Crippen LogP contribution in [0.5, 0.6) is 0 Å². The first kappa shape index (κ1) is 38.9. The van der Waals surface area contributed by atoms with E-state index in [1.807, 2.05) is 52.5 Å². The van der Waals surface area contributed by atoms with Gasteiger partial charge in [-0.05, 0) is 131 Å². The van der Waals surface area contributed by atoms with Gasteiger partial charge in [0.1, 0.15) is 47.2 Å². The van der Waals surface area contributed by atoms with Crippen LogP contribution in [0, 0.1) is 11.6 Å². The Morgan fingerprint density at radius 3 is 1.41 bits per heavy atom. The fraction of sp³-hybridized carbons (Fsp3) is 0.277. The Bertz CT molecular complexity index is 3200. The lowest BCUT2D eigenvalue weighted by Crippen LogP contribution is -2.30. The Morgan fingerprint density at radius 1 is 0.540 bits per heavy atom. The molecule has 0 radical (unpaired) electrons. The molecule has 2 aromatic carbocycles. The Morgan fingerprint density at radius 2 is 0.968 bits per heavy atom. The second-order valence-corrected chi connectivity index (χ2v) is 16.6. The fourth-order valence-electron chi connectivity index (χ4n) is 9.41. The van der Waals surface area contributed by atoms with Crippen LogP contribution >= 0.6 is 0 Å². The first-order chi connectivity index (χ1) is 30.9. The van der Waals surface area contributed by atoms with Crippen LogP contribution < -0.4 is 11.1 Å². The molecule has 318 valence electrons. The number of nitrogens with two attached hydrogens (primary N) is 1. The Labute approximate surface area is 359 Å². The molecule has 0 amide bonds. The summed E-state index contributed by atoms with van der Waals surface area (Å²) in [5.74, 6) is 3.14. The van der Waals surface area contributed by atoms with Crippen LogP contribution in [-0.2, 0) is 0 Å². The van der Waals surface area contributed by atoms with Gasteiger partial charge in [0.25, 0.3) is 0 Å². The number of pyridine rings is 2. The Balaban J connectivity index is 0.000000141. The van der Waals surface area contributed by atoms with Crippen LogP contribution in [0.3, 0.4) is 0 Å². The van der Waals surface area contributed by atoms with Crippen LogP contribution in [0.1, 0.15) is 74.9 Å². The van der Waals surface area contributed by atoms with Crippen molar-refractivity contribution in [1.82, 2.24) is 53.3 Å². The molecule has 0 unspecified atom stereocenters. The van der Waals surface area contributed by atoms with Gasteiger partial charge in [0.2, 0.25) is 0 Å². The van der Waals surface area contributed by atoms with Crippen molar-refractivity contribution >= 4 is 23.0 Å². The number of fused-ring (bicyclic) bond motifs is 4. The largest absolute Gasteiger partial charge is 0.432 e. The SMILES string of the molecule is CNC1CCC(c2nnc3ccc(-c4c(-c5ccc(F)cc5)nc5occn45)cn23)CC1.NC1CCC(c2nnc3ccc(-c4c(-c5ccc(F)cc5)nc5occn45)cn23)CC1. The number of halogens is 2. The molecule has 2 aliphatic carbocycles. The highest BCUT2D eigenvalue weighted by Crippen LogP contribution is 2.38. The first-order valence-corrected chi connectivity index (χ1v) is 21.4. The normalized spacial score (nSPS) is 19.3. The topological polar surface area (TPSA) is 159 Å². The summed E-state index contributed by atoms with van der Waals surface area (Å²) in [7, 11) is 2.03. The van der Waals surface area contributed by atoms with Gasteiger partial charge in [-0.3, -0.25) is 17.6 Å². The molecule has 8 aromatic heterocycles. The van der Waals surface area contributed by atoms with Gasteiger partial charge >= 0.3 is 11.7 Å². The molecule has 2 aliphatic rings. The number of rotatable bonds is 7. The number of nitrogens with zero attached hydrogens (tertiary/aromatic N) is 10. The second-order valence-electron chi connectivity index (χ2n) is 16.6. The molecule has 0 bridgehead atoms. The minimum atomic E-state index is -0.282. The molecule has 63 heavy (non-hydrogen) atoms. The number of hydrogen-bond donors (Lipinski definition) is 2. The lowest BCUT2D eigenvalue weighted by Gasteiger charge is -2.27. The molecule has 2 saturated carbocycles. The molecule has 12 rings (SSSR count). The number of hydrogen-bond acceptors (Lipinski definition) is 10. The third kappa shape index (κ3) is 7.14. The van der Waals surface area contributed by atoms with Crippen molar-refractivity contribution in [2.24, 2.45) is 5.73 Å². The first-order valence-electron chi connectivity index (χ1n) is 21.4. The lowest BCUT2D eigenvalue weighted by atomic mass is 9.85. The number of imidazole rings is 2. The Hall–Kier alpha value is -7.04. The summed E-state index contributed by atoms with van der Waals surface area (Å²) in [6.45, 7) is 0. The average molecular weight is 847 g/mol. The summed E-state index contributed by atoms with van der Waals surface area (Å²) in [6, 6.07) is 21.6. The van der Waals surface area contributed by atoms with E-state index in [1.54, 1.807) is 36.8 Å². The predicted molar refractivity (Wildman–Crippen MR) is 233 cm³/mol. The molecule has 14 nitrogen and oxygen atoms in total. The monoisotopic (exact) mass is 846 g/mol. The zero-order valence-corrected chi connectivity index (χ0v) is 34.5. The summed E-state index contributed by atoms with van der Waals surface area (Å²) in [5.41, 5.74) is 14.5. The summed E-state index contributed by atoms with van der Waals surface area (Å²) in [5, 5.41) is 21.2. The number of nitrogens with one attached hydrogen (secondary N) is 1. The zero-order valence-electron chi connectivity index (χ0n) is 34.5. The van der Waals surface area contributed by atoms with Crippen molar-refractivity contribution in [1.29, 1.82) is 0 Å². The van der Waals surface area contributed by atoms with E-state index in [2.05, 4.69) is 56.9 Å². The molecular weight excluding hydrogens is 803 g/mol. The van der Waals surface area contributed by atoms with E-state index in [9.17, 15) is 8.78 Å². The van der Waals surface area contributed by atoms with E-state index in [4.69, 9.17) is 14.6 Å². The van der Waals surface area contributed by atoms with E-state index >= 15 is 0 Å². The van der Waals surface area contributed by atoms with E-state index in [0.717, 1.165) is 119 Å². The van der Waals surface area contributed by atoms with Gasteiger partial charge in [-0.2, -0.15) is 9.97 Å². The van der Waals surface area contributed by atoms with Gasteiger partial charge in [0, 0.05) is 71.0 Å². The van der Waals surface area contributed by atoms with Gasteiger partial charge in [0.05, 0.1) is 11.4 Å². The third-order valence-corrected chi connectivity index (χ3v) is 12.8. The molecule has 8 heterocycles. The van der Waals surface area contributed by atoms with Gasteiger partial charge in [-0.1, -0.05) is 0 Å².